The maximum absolute atomic E-state index is 13.7. The largest absolute Gasteiger partial charge is 0.271 e. The topological polar surface area (TPSA) is 38.0 Å². The van der Waals surface area contributed by atoms with Gasteiger partial charge in [-0.15, -0.1) is 0 Å². The molecule has 1 aromatic rings. The molecule has 2 nitrogen and oxygen atoms in total. The summed E-state index contributed by atoms with van der Waals surface area (Å²) in [6, 6.07) is 3.52. The monoisotopic (exact) mass is 240 g/mol. The molecule has 1 atom stereocenters. The van der Waals surface area contributed by atoms with E-state index in [1.165, 1.54) is 24.6 Å². The summed E-state index contributed by atoms with van der Waals surface area (Å²) in [7, 11) is 0. The number of hydrazine groups is 1. The number of hydrogen-bond donors (Lipinski definition) is 2. The van der Waals surface area contributed by atoms with Crippen molar-refractivity contribution in [1.82, 2.24) is 5.43 Å². The van der Waals surface area contributed by atoms with E-state index in [1.807, 2.05) is 0 Å². The summed E-state index contributed by atoms with van der Waals surface area (Å²) < 4.78 is 27.4. The third-order valence-corrected chi connectivity index (χ3v) is 3.61. The van der Waals surface area contributed by atoms with Crippen molar-refractivity contribution in [1.29, 1.82) is 0 Å². The number of benzene rings is 1. The zero-order chi connectivity index (χ0) is 12.3. The number of hydrogen-bond acceptors (Lipinski definition) is 2. The fourth-order valence-corrected chi connectivity index (χ4v) is 2.73. The summed E-state index contributed by atoms with van der Waals surface area (Å²) in [4.78, 5) is 0. The van der Waals surface area contributed by atoms with Gasteiger partial charge in [0.1, 0.15) is 11.6 Å². The fraction of sp³-hybridized carbons (Fsp3) is 0.538. The van der Waals surface area contributed by atoms with Crippen molar-refractivity contribution in [3.63, 3.8) is 0 Å². The molecule has 94 valence electrons. The highest BCUT2D eigenvalue weighted by Gasteiger charge is 2.28. The second kappa shape index (κ2) is 5.56. The average Bonchev–Trinajstić information content (AvgIpc) is 2.35. The van der Waals surface area contributed by atoms with Crippen LogP contribution < -0.4 is 11.3 Å². The van der Waals surface area contributed by atoms with Crippen LogP contribution >= 0.6 is 0 Å². The highest BCUT2D eigenvalue weighted by Crippen LogP contribution is 2.35. The van der Waals surface area contributed by atoms with E-state index in [2.05, 4.69) is 5.43 Å². The Kier molecular flexibility index (Phi) is 4.07. The maximum atomic E-state index is 13.7. The Hall–Kier alpha value is -1.00. The van der Waals surface area contributed by atoms with Crippen molar-refractivity contribution in [2.75, 3.05) is 0 Å². The highest BCUT2D eigenvalue weighted by molar-refractivity contribution is 5.24. The molecule has 1 fully saturated rings. The molecule has 1 saturated carbocycles. The van der Waals surface area contributed by atoms with Gasteiger partial charge in [-0.05, 0) is 30.9 Å². The first-order valence-corrected chi connectivity index (χ1v) is 6.14. The van der Waals surface area contributed by atoms with Crippen LogP contribution in [-0.2, 0) is 0 Å². The number of rotatable bonds is 3. The molecular weight excluding hydrogens is 222 g/mol. The lowest BCUT2D eigenvalue weighted by Gasteiger charge is -2.30. The molecule has 0 bridgehead atoms. The number of halogens is 2. The van der Waals surface area contributed by atoms with Crippen molar-refractivity contribution in [2.24, 2.45) is 11.8 Å². The van der Waals surface area contributed by atoms with Gasteiger partial charge in [-0.25, -0.2) is 8.78 Å². The Balaban J connectivity index is 2.27. The SMILES string of the molecule is NNC(c1c(F)cccc1F)C1CCCCC1. The van der Waals surface area contributed by atoms with Gasteiger partial charge in [0.2, 0.25) is 0 Å². The van der Waals surface area contributed by atoms with Crippen LogP contribution in [0.3, 0.4) is 0 Å². The van der Waals surface area contributed by atoms with E-state index in [-0.39, 0.29) is 11.5 Å². The predicted octanol–water partition coefficient (Wildman–Crippen LogP) is 3.05. The van der Waals surface area contributed by atoms with E-state index in [0.29, 0.717) is 0 Å². The Morgan fingerprint density at radius 3 is 2.24 bits per heavy atom. The van der Waals surface area contributed by atoms with E-state index < -0.39 is 17.7 Å². The molecular formula is C13H18F2N2. The first-order chi connectivity index (χ1) is 8.24. The Labute approximate surface area is 100 Å². The van der Waals surface area contributed by atoms with E-state index in [1.54, 1.807) is 0 Å². The summed E-state index contributed by atoms with van der Waals surface area (Å²) >= 11 is 0. The standard InChI is InChI=1S/C13H18F2N2/c14-10-7-4-8-11(15)12(10)13(17-16)9-5-2-1-3-6-9/h4,7-9,13,17H,1-3,5-6,16H2. The highest BCUT2D eigenvalue weighted by atomic mass is 19.1. The van der Waals surface area contributed by atoms with Crippen LogP contribution in [0, 0.1) is 17.6 Å². The summed E-state index contributed by atoms with van der Waals surface area (Å²) in [5, 5.41) is 0. The molecule has 0 aliphatic heterocycles. The molecule has 2 rings (SSSR count). The van der Waals surface area contributed by atoms with Gasteiger partial charge >= 0.3 is 0 Å². The lowest BCUT2D eigenvalue weighted by atomic mass is 9.81. The zero-order valence-corrected chi connectivity index (χ0v) is 9.76. The molecule has 0 radical (unpaired) electrons. The smallest absolute Gasteiger partial charge is 0.130 e. The van der Waals surface area contributed by atoms with Gasteiger partial charge in [0, 0.05) is 5.56 Å². The molecule has 3 N–H and O–H groups in total. The van der Waals surface area contributed by atoms with Crippen molar-refractivity contribution in [2.45, 2.75) is 38.1 Å². The first-order valence-electron chi connectivity index (χ1n) is 6.14. The lowest BCUT2D eigenvalue weighted by Crippen LogP contribution is -2.35. The summed E-state index contributed by atoms with van der Waals surface area (Å²) in [5.74, 6) is 4.68. The van der Waals surface area contributed by atoms with Crippen molar-refractivity contribution < 1.29 is 8.78 Å². The lowest BCUT2D eigenvalue weighted by molar-refractivity contribution is 0.263. The van der Waals surface area contributed by atoms with Gasteiger partial charge in [0.05, 0.1) is 6.04 Å². The third kappa shape index (κ3) is 2.64. The summed E-state index contributed by atoms with van der Waals surface area (Å²) in [6.07, 6.45) is 5.37. The molecule has 0 spiro atoms. The van der Waals surface area contributed by atoms with Gasteiger partial charge in [-0.1, -0.05) is 25.3 Å². The zero-order valence-electron chi connectivity index (χ0n) is 9.76. The van der Waals surface area contributed by atoms with Crippen molar-refractivity contribution in [3.05, 3.63) is 35.4 Å². The molecule has 1 unspecified atom stereocenters. The molecule has 0 heterocycles. The molecule has 0 amide bonds. The van der Waals surface area contributed by atoms with Gasteiger partial charge < -0.3 is 0 Å². The van der Waals surface area contributed by atoms with Crippen LogP contribution in [0.15, 0.2) is 18.2 Å². The second-order valence-corrected chi connectivity index (χ2v) is 4.68. The minimum Gasteiger partial charge on any atom is -0.271 e. The van der Waals surface area contributed by atoms with E-state index in [4.69, 9.17) is 5.84 Å². The first kappa shape index (κ1) is 12.5. The van der Waals surface area contributed by atoms with E-state index >= 15 is 0 Å². The normalized spacial score (nSPS) is 19.2. The summed E-state index contributed by atoms with van der Waals surface area (Å²) in [6.45, 7) is 0. The minimum atomic E-state index is -0.515. The molecule has 17 heavy (non-hydrogen) atoms. The van der Waals surface area contributed by atoms with Gasteiger partial charge in [-0.2, -0.15) is 0 Å². The van der Waals surface area contributed by atoms with Crippen LogP contribution in [0.4, 0.5) is 8.78 Å². The Morgan fingerprint density at radius 2 is 1.71 bits per heavy atom. The molecule has 0 saturated heterocycles. The maximum Gasteiger partial charge on any atom is 0.130 e. The Bertz CT molecular complexity index is 355. The fourth-order valence-electron chi connectivity index (χ4n) is 2.73. The van der Waals surface area contributed by atoms with E-state index in [0.717, 1.165) is 25.7 Å². The Morgan fingerprint density at radius 1 is 1.12 bits per heavy atom. The quantitative estimate of drug-likeness (QED) is 0.629. The predicted molar refractivity (Wildman–Crippen MR) is 63.0 cm³/mol. The summed E-state index contributed by atoms with van der Waals surface area (Å²) in [5.41, 5.74) is 2.67. The molecule has 4 heteroatoms. The van der Waals surface area contributed by atoms with Crippen LogP contribution in [-0.4, -0.2) is 0 Å². The molecule has 1 aliphatic rings. The number of nitrogens with two attached hydrogens (primary N) is 1. The van der Waals surface area contributed by atoms with Crippen molar-refractivity contribution in [3.8, 4) is 0 Å². The minimum absolute atomic E-state index is 0.0851. The number of nitrogens with one attached hydrogen (secondary N) is 1. The van der Waals surface area contributed by atoms with Gasteiger partial charge in [0.15, 0.2) is 0 Å². The van der Waals surface area contributed by atoms with Crippen LogP contribution in [0.5, 0.6) is 0 Å². The van der Waals surface area contributed by atoms with Crippen molar-refractivity contribution >= 4 is 0 Å². The van der Waals surface area contributed by atoms with Crippen LogP contribution in [0.2, 0.25) is 0 Å². The van der Waals surface area contributed by atoms with Gasteiger partial charge in [0.25, 0.3) is 0 Å². The van der Waals surface area contributed by atoms with E-state index in [9.17, 15) is 8.78 Å². The average molecular weight is 240 g/mol. The molecule has 1 aromatic carbocycles. The van der Waals surface area contributed by atoms with Crippen LogP contribution in [0.1, 0.15) is 43.7 Å². The molecule has 1 aliphatic carbocycles. The third-order valence-electron chi connectivity index (χ3n) is 3.61. The van der Waals surface area contributed by atoms with Crippen LogP contribution in [0.25, 0.3) is 0 Å². The molecule has 0 aromatic heterocycles. The second-order valence-electron chi connectivity index (χ2n) is 4.68. The van der Waals surface area contributed by atoms with Gasteiger partial charge in [-0.3, -0.25) is 11.3 Å².